The van der Waals surface area contributed by atoms with Crippen molar-refractivity contribution in [2.45, 2.75) is 11.8 Å². The first-order chi connectivity index (χ1) is 14.9. The molecular formula is C19H19FN6O4S. The van der Waals surface area contributed by atoms with Gasteiger partial charge in [0, 0.05) is 24.3 Å². The molecule has 0 unspecified atom stereocenters. The number of hydrogen-bond donors (Lipinski definition) is 1. The first-order valence-electron chi connectivity index (χ1n) is 9.39. The quantitative estimate of drug-likeness (QED) is 0.629. The summed E-state index contributed by atoms with van der Waals surface area (Å²) in [7, 11) is -4.05. The highest BCUT2D eigenvalue weighted by atomic mass is 32.2. The van der Waals surface area contributed by atoms with Crippen LogP contribution in [-0.4, -0.2) is 65.1 Å². The number of anilines is 1. The number of amides is 1. The molecule has 1 N–H and O–H groups in total. The SMILES string of the molecule is Cc1cc(C(=O)Nc2ccc(F)c(S(=O)(=O)N3CCOCC3)c2)ccc1-n1cnnn1. The molecule has 1 aromatic heterocycles. The zero-order chi connectivity index (χ0) is 22.0. The second-order valence-electron chi connectivity index (χ2n) is 6.87. The summed E-state index contributed by atoms with van der Waals surface area (Å²) in [6, 6.07) is 8.40. The Balaban J connectivity index is 1.56. The lowest BCUT2D eigenvalue weighted by molar-refractivity contribution is 0.0729. The molecule has 2 aromatic carbocycles. The Hall–Kier alpha value is -3.22. The third-order valence-electron chi connectivity index (χ3n) is 4.83. The summed E-state index contributed by atoms with van der Waals surface area (Å²) in [6.45, 7) is 2.59. The molecule has 0 aliphatic carbocycles. The molecule has 4 rings (SSSR count). The summed E-state index contributed by atoms with van der Waals surface area (Å²) < 4.78 is 47.8. The van der Waals surface area contributed by atoms with Gasteiger partial charge in [0.05, 0.1) is 18.9 Å². The van der Waals surface area contributed by atoms with Gasteiger partial charge in [-0.05, 0) is 59.3 Å². The number of carbonyl (C=O) groups is 1. The van der Waals surface area contributed by atoms with E-state index < -0.39 is 26.6 Å². The van der Waals surface area contributed by atoms with Gasteiger partial charge in [-0.25, -0.2) is 17.5 Å². The minimum absolute atomic E-state index is 0.144. The normalized spacial score (nSPS) is 15.0. The maximum Gasteiger partial charge on any atom is 0.255 e. The fourth-order valence-electron chi connectivity index (χ4n) is 3.23. The molecule has 1 saturated heterocycles. The van der Waals surface area contributed by atoms with E-state index in [1.165, 1.54) is 21.4 Å². The van der Waals surface area contributed by atoms with Crippen molar-refractivity contribution in [2.75, 3.05) is 31.6 Å². The van der Waals surface area contributed by atoms with Crippen LogP contribution in [0.25, 0.3) is 5.69 Å². The number of nitrogens with one attached hydrogen (secondary N) is 1. The highest BCUT2D eigenvalue weighted by Crippen LogP contribution is 2.24. The number of sulfonamides is 1. The average Bonchev–Trinajstić information content (AvgIpc) is 3.30. The van der Waals surface area contributed by atoms with Crippen LogP contribution in [0.5, 0.6) is 0 Å². The molecule has 3 aromatic rings. The lowest BCUT2D eigenvalue weighted by Gasteiger charge is -2.26. The molecule has 0 bridgehead atoms. The Morgan fingerprint density at radius 2 is 1.94 bits per heavy atom. The molecule has 0 spiro atoms. The van der Waals surface area contributed by atoms with Crippen molar-refractivity contribution in [3.05, 3.63) is 59.7 Å². The van der Waals surface area contributed by atoms with Crippen molar-refractivity contribution >= 4 is 21.6 Å². The van der Waals surface area contributed by atoms with Gasteiger partial charge in [-0.2, -0.15) is 4.31 Å². The number of aromatic nitrogens is 4. The standard InChI is InChI=1S/C19H19FN6O4S/c1-13-10-14(2-5-17(13)26-12-21-23-24-26)19(27)22-15-3-4-16(20)18(11-15)31(28,29)25-6-8-30-9-7-25/h2-5,10-12H,6-9H2,1H3,(H,22,27). The summed E-state index contributed by atoms with van der Waals surface area (Å²) in [4.78, 5) is 12.2. The number of rotatable bonds is 5. The van der Waals surface area contributed by atoms with Crippen LogP contribution in [-0.2, 0) is 14.8 Å². The van der Waals surface area contributed by atoms with Crippen molar-refractivity contribution in [1.29, 1.82) is 0 Å². The fraction of sp³-hybridized carbons (Fsp3) is 0.263. The zero-order valence-corrected chi connectivity index (χ0v) is 17.3. The molecule has 0 atom stereocenters. The summed E-state index contributed by atoms with van der Waals surface area (Å²) in [6.07, 6.45) is 1.44. The third kappa shape index (κ3) is 4.31. The Bertz CT molecular complexity index is 1210. The number of hydrogen-bond acceptors (Lipinski definition) is 7. The van der Waals surface area contributed by atoms with Crippen LogP contribution < -0.4 is 5.32 Å². The van der Waals surface area contributed by atoms with Gasteiger partial charge in [0.15, 0.2) is 0 Å². The molecule has 0 saturated carbocycles. The molecule has 31 heavy (non-hydrogen) atoms. The number of halogens is 1. The highest BCUT2D eigenvalue weighted by molar-refractivity contribution is 7.89. The van der Waals surface area contributed by atoms with Crippen LogP contribution in [0.4, 0.5) is 10.1 Å². The molecule has 12 heteroatoms. The van der Waals surface area contributed by atoms with Crippen molar-refractivity contribution < 1.29 is 22.3 Å². The van der Waals surface area contributed by atoms with Crippen LogP contribution in [0, 0.1) is 12.7 Å². The van der Waals surface area contributed by atoms with Gasteiger partial charge in [0.1, 0.15) is 17.0 Å². The summed E-state index contributed by atoms with van der Waals surface area (Å²) in [5.74, 6) is -1.35. The van der Waals surface area contributed by atoms with E-state index in [1.54, 1.807) is 25.1 Å². The number of carbonyl (C=O) groups excluding carboxylic acids is 1. The topological polar surface area (TPSA) is 119 Å². The van der Waals surface area contributed by atoms with Gasteiger partial charge >= 0.3 is 0 Å². The van der Waals surface area contributed by atoms with Crippen LogP contribution in [0.15, 0.2) is 47.6 Å². The number of benzene rings is 2. The minimum atomic E-state index is -4.05. The van der Waals surface area contributed by atoms with E-state index in [0.29, 0.717) is 11.3 Å². The lowest BCUT2D eigenvalue weighted by atomic mass is 10.1. The lowest BCUT2D eigenvalue weighted by Crippen LogP contribution is -2.40. The monoisotopic (exact) mass is 446 g/mol. The largest absolute Gasteiger partial charge is 0.379 e. The molecule has 1 aliphatic rings. The maximum absolute atomic E-state index is 14.3. The van der Waals surface area contributed by atoms with E-state index in [1.807, 2.05) is 0 Å². The van der Waals surface area contributed by atoms with Crippen LogP contribution in [0.3, 0.4) is 0 Å². The summed E-state index contributed by atoms with van der Waals surface area (Å²) >= 11 is 0. The van der Waals surface area contributed by atoms with Crippen molar-refractivity contribution in [2.24, 2.45) is 0 Å². The molecule has 2 heterocycles. The van der Waals surface area contributed by atoms with E-state index >= 15 is 0 Å². The van der Waals surface area contributed by atoms with Crippen molar-refractivity contribution in [3.8, 4) is 5.69 Å². The van der Waals surface area contributed by atoms with Crippen LogP contribution in [0.2, 0.25) is 0 Å². The molecule has 1 amide bonds. The molecular weight excluding hydrogens is 427 g/mol. The first kappa shape index (κ1) is 21.0. The van der Waals surface area contributed by atoms with E-state index in [-0.39, 0.29) is 32.0 Å². The summed E-state index contributed by atoms with van der Waals surface area (Å²) in [5, 5.41) is 13.6. The number of aryl methyl sites for hydroxylation is 1. The van der Waals surface area contributed by atoms with Gasteiger partial charge in [-0.15, -0.1) is 5.10 Å². The van der Waals surface area contributed by atoms with Gasteiger partial charge in [0.25, 0.3) is 5.91 Å². The summed E-state index contributed by atoms with van der Waals surface area (Å²) in [5.41, 5.74) is 1.98. The van der Waals surface area contributed by atoms with Crippen LogP contribution >= 0.6 is 0 Å². The van der Waals surface area contributed by atoms with E-state index in [9.17, 15) is 17.6 Å². The maximum atomic E-state index is 14.3. The smallest absolute Gasteiger partial charge is 0.255 e. The highest BCUT2D eigenvalue weighted by Gasteiger charge is 2.29. The predicted octanol–water partition coefficient (Wildman–Crippen LogP) is 1.38. The number of nitrogens with zero attached hydrogens (tertiary/aromatic N) is 5. The van der Waals surface area contributed by atoms with E-state index in [2.05, 4.69) is 20.8 Å². The molecule has 10 nitrogen and oxygen atoms in total. The molecule has 1 fully saturated rings. The van der Waals surface area contributed by atoms with Crippen molar-refractivity contribution in [3.63, 3.8) is 0 Å². The predicted molar refractivity (Wildman–Crippen MR) is 108 cm³/mol. The van der Waals surface area contributed by atoms with Gasteiger partial charge < -0.3 is 10.1 Å². The second kappa shape index (κ2) is 8.49. The zero-order valence-electron chi connectivity index (χ0n) is 16.5. The Labute approximate surface area is 177 Å². The first-order valence-corrected chi connectivity index (χ1v) is 10.8. The number of ether oxygens (including phenoxy) is 1. The molecule has 1 aliphatic heterocycles. The average molecular weight is 446 g/mol. The minimum Gasteiger partial charge on any atom is -0.379 e. The van der Waals surface area contributed by atoms with E-state index in [4.69, 9.17) is 4.74 Å². The van der Waals surface area contributed by atoms with Crippen molar-refractivity contribution in [1.82, 2.24) is 24.5 Å². The third-order valence-corrected chi connectivity index (χ3v) is 6.75. The second-order valence-corrected chi connectivity index (χ2v) is 8.78. The van der Waals surface area contributed by atoms with Gasteiger partial charge in [-0.3, -0.25) is 4.79 Å². The Kier molecular flexibility index (Phi) is 5.76. The molecule has 0 radical (unpaired) electrons. The van der Waals surface area contributed by atoms with Gasteiger partial charge in [-0.1, -0.05) is 0 Å². The molecule has 162 valence electrons. The fourth-order valence-corrected chi connectivity index (χ4v) is 4.73. The number of tetrazole rings is 1. The number of morpholine rings is 1. The van der Waals surface area contributed by atoms with E-state index in [0.717, 1.165) is 17.7 Å². The van der Waals surface area contributed by atoms with Crippen LogP contribution in [0.1, 0.15) is 15.9 Å². The van der Waals surface area contributed by atoms with Gasteiger partial charge in [0.2, 0.25) is 10.0 Å². The Morgan fingerprint density at radius 3 is 2.61 bits per heavy atom. The Morgan fingerprint density at radius 1 is 1.16 bits per heavy atom.